The smallest absolute Gasteiger partial charge is 0.249 e. The minimum atomic E-state index is -0.248. The van der Waals surface area contributed by atoms with Crippen LogP contribution in [0.4, 0.5) is 21.8 Å². The number of rotatable bonds is 5. The Bertz CT molecular complexity index is 731. The third-order valence-corrected chi connectivity index (χ3v) is 2.98. The number of nitrogens with zero attached hydrogens (tertiary/aromatic N) is 3. The lowest BCUT2D eigenvalue weighted by Crippen LogP contribution is -2.05. The van der Waals surface area contributed by atoms with E-state index in [1.807, 2.05) is 30.3 Å². The molecule has 0 aliphatic rings. The fourth-order valence-electron chi connectivity index (χ4n) is 1.89. The topological polar surface area (TPSA) is 62.7 Å². The summed E-state index contributed by atoms with van der Waals surface area (Å²) < 4.78 is 12.9. The Morgan fingerprint density at radius 3 is 2.50 bits per heavy atom. The lowest BCUT2D eigenvalue weighted by Gasteiger charge is -2.07. The molecule has 3 rings (SSSR count). The van der Waals surface area contributed by atoms with E-state index in [1.165, 1.54) is 12.1 Å². The third-order valence-electron chi connectivity index (χ3n) is 2.98. The largest absolute Gasteiger partial charge is 0.365 e. The first-order valence-electron chi connectivity index (χ1n) is 6.80. The molecule has 110 valence electrons. The Morgan fingerprint density at radius 1 is 0.955 bits per heavy atom. The molecule has 0 fully saturated rings. The third kappa shape index (κ3) is 3.76. The highest BCUT2D eigenvalue weighted by atomic mass is 19.1. The van der Waals surface area contributed by atoms with E-state index in [2.05, 4.69) is 25.8 Å². The van der Waals surface area contributed by atoms with E-state index in [0.29, 0.717) is 18.3 Å². The van der Waals surface area contributed by atoms with Crippen molar-refractivity contribution in [2.45, 2.75) is 6.54 Å². The molecule has 0 spiro atoms. The molecule has 0 saturated heterocycles. The van der Waals surface area contributed by atoms with Crippen molar-refractivity contribution < 1.29 is 4.39 Å². The quantitative estimate of drug-likeness (QED) is 0.755. The van der Waals surface area contributed by atoms with E-state index < -0.39 is 0 Å². The molecule has 0 unspecified atom stereocenters. The minimum absolute atomic E-state index is 0.248. The molecule has 0 radical (unpaired) electrons. The van der Waals surface area contributed by atoms with Gasteiger partial charge in [-0.2, -0.15) is 10.1 Å². The van der Waals surface area contributed by atoms with Gasteiger partial charge < -0.3 is 10.6 Å². The van der Waals surface area contributed by atoms with Gasteiger partial charge in [0.15, 0.2) is 5.82 Å². The van der Waals surface area contributed by atoms with Gasteiger partial charge in [-0.15, -0.1) is 5.10 Å². The standard InChI is InChI=1S/C16H14FN5/c17-13-8-6-12(7-9-13)10-18-15-11-19-22-16(21-15)20-14-4-2-1-3-5-14/h1-9,11H,10H2,(H2,18,20,21,22). The van der Waals surface area contributed by atoms with Crippen molar-refractivity contribution in [3.8, 4) is 0 Å². The first-order valence-corrected chi connectivity index (χ1v) is 6.80. The van der Waals surface area contributed by atoms with Crippen LogP contribution in [0.2, 0.25) is 0 Å². The maximum Gasteiger partial charge on any atom is 0.249 e. The van der Waals surface area contributed by atoms with Crippen LogP contribution in [-0.2, 0) is 6.54 Å². The summed E-state index contributed by atoms with van der Waals surface area (Å²) in [4.78, 5) is 4.33. The molecule has 0 aliphatic carbocycles. The first kappa shape index (κ1) is 13.9. The molecule has 0 saturated carbocycles. The van der Waals surface area contributed by atoms with Crippen molar-refractivity contribution in [3.63, 3.8) is 0 Å². The van der Waals surface area contributed by atoms with Crippen LogP contribution in [0.15, 0.2) is 60.8 Å². The average Bonchev–Trinajstić information content (AvgIpc) is 2.56. The second-order valence-electron chi connectivity index (χ2n) is 4.64. The Hall–Kier alpha value is -3.02. The molecule has 0 atom stereocenters. The van der Waals surface area contributed by atoms with Crippen molar-refractivity contribution in [1.82, 2.24) is 15.2 Å². The van der Waals surface area contributed by atoms with Crippen LogP contribution in [0, 0.1) is 5.82 Å². The van der Waals surface area contributed by atoms with Gasteiger partial charge in [-0.05, 0) is 29.8 Å². The maximum absolute atomic E-state index is 12.9. The van der Waals surface area contributed by atoms with Crippen molar-refractivity contribution >= 4 is 17.5 Å². The Labute approximate surface area is 127 Å². The number of hydrogen-bond donors (Lipinski definition) is 2. The number of nitrogens with one attached hydrogen (secondary N) is 2. The molecule has 3 aromatic rings. The highest BCUT2D eigenvalue weighted by Gasteiger charge is 2.01. The molecule has 22 heavy (non-hydrogen) atoms. The van der Waals surface area contributed by atoms with Crippen LogP contribution in [0.5, 0.6) is 0 Å². The van der Waals surface area contributed by atoms with Crippen LogP contribution in [-0.4, -0.2) is 15.2 Å². The van der Waals surface area contributed by atoms with E-state index in [4.69, 9.17) is 0 Å². The minimum Gasteiger partial charge on any atom is -0.365 e. The van der Waals surface area contributed by atoms with Crippen molar-refractivity contribution in [2.75, 3.05) is 10.6 Å². The molecular formula is C16H14FN5. The summed E-state index contributed by atoms with van der Waals surface area (Å²) in [6, 6.07) is 15.9. The molecule has 6 heteroatoms. The summed E-state index contributed by atoms with van der Waals surface area (Å²) in [5, 5.41) is 14.1. The molecule has 0 amide bonds. The summed E-state index contributed by atoms with van der Waals surface area (Å²) in [6.45, 7) is 0.531. The molecule has 1 aromatic heterocycles. The van der Waals surface area contributed by atoms with Crippen LogP contribution in [0.1, 0.15) is 5.56 Å². The van der Waals surface area contributed by atoms with Crippen molar-refractivity contribution in [2.24, 2.45) is 0 Å². The van der Waals surface area contributed by atoms with Crippen LogP contribution in [0.25, 0.3) is 0 Å². The zero-order chi connectivity index (χ0) is 15.2. The van der Waals surface area contributed by atoms with E-state index in [0.717, 1.165) is 11.3 Å². The average molecular weight is 295 g/mol. The van der Waals surface area contributed by atoms with E-state index >= 15 is 0 Å². The highest BCUT2D eigenvalue weighted by Crippen LogP contribution is 2.13. The van der Waals surface area contributed by atoms with Gasteiger partial charge in [-0.3, -0.25) is 0 Å². The molecule has 2 N–H and O–H groups in total. The van der Waals surface area contributed by atoms with E-state index in [1.54, 1.807) is 18.3 Å². The molecular weight excluding hydrogens is 281 g/mol. The van der Waals surface area contributed by atoms with Gasteiger partial charge in [0, 0.05) is 12.2 Å². The molecule has 0 bridgehead atoms. The second kappa shape index (κ2) is 6.62. The Morgan fingerprint density at radius 2 is 1.73 bits per heavy atom. The zero-order valence-electron chi connectivity index (χ0n) is 11.7. The number of halogens is 1. The van der Waals surface area contributed by atoms with Crippen LogP contribution in [0.3, 0.4) is 0 Å². The van der Waals surface area contributed by atoms with Gasteiger partial charge in [-0.25, -0.2) is 4.39 Å². The first-order chi connectivity index (χ1) is 10.8. The maximum atomic E-state index is 12.9. The Balaban J connectivity index is 1.65. The van der Waals surface area contributed by atoms with Gasteiger partial charge in [-0.1, -0.05) is 30.3 Å². The van der Waals surface area contributed by atoms with Gasteiger partial charge in [0.05, 0.1) is 6.20 Å². The fourth-order valence-corrected chi connectivity index (χ4v) is 1.89. The summed E-state index contributed by atoms with van der Waals surface area (Å²) >= 11 is 0. The summed E-state index contributed by atoms with van der Waals surface area (Å²) in [5.41, 5.74) is 1.84. The van der Waals surface area contributed by atoms with Crippen molar-refractivity contribution in [1.29, 1.82) is 0 Å². The van der Waals surface area contributed by atoms with Crippen molar-refractivity contribution in [3.05, 3.63) is 72.2 Å². The van der Waals surface area contributed by atoms with Gasteiger partial charge in [0.25, 0.3) is 0 Å². The van der Waals surface area contributed by atoms with Gasteiger partial charge in [0.2, 0.25) is 5.95 Å². The van der Waals surface area contributed by atoms with E-state index in [9.17, 15) is 4.39 Å². The predicted molar refractivity (Wildman–Crippen MR) is 83.3 cm³/mol. The highest BCUT2D eigenvalue weighted by molar-refractivity contribution is 5.53. The van der Waals surface area contributed by atoms with Gasteiger partial charge in [0.1, 0.15) is 5.82 Å². The van der Waals surface area contributed by atoms with Crippen LogP contribution >= 0.6 is 0 Å². The van der Waals surface area contributed by atoms with Gasteiger partial charge >= 0.3 is 0 Å². The SMILES string of the molecule is Fc1ccc(CNc2cnnc(Nc3ccccc3)n2)cc1. The predicted octanol–water partition coefficient (Wildman–Crippen LogP) is 3.37. The lowest BCUT2D eigenvalue weighted by molar-refractivity contribution is 0.627. The summed E-state index contributed by atoms with van der Waals surface area (Å²) in [7, 11) is 0. The normalized spacial score (nSPS) is 10.2. The lowest BCUT2D eigenvalue weighted by atomic mass is 10.2. The molecule has 2 aromatic carbocycles. The molecule has 1 heterocycles. The summed E-state index contributed by atoms with van der Waals surface area (Å²) in [6.07, 6.45) is 1.54. The molecule has 5 nitrogen and oxygen atoms in total. The number of benzene rings is 2. The second-order valence-corrected chi connectivity index (χ2v) is 4.64. The molecule has 0 aliphatic heterocycles. The monoisotopic (exact) mass is 295 g/mol. The number of anilines is 3. The number of hydrogen-bond acceptors (Lipinski definition) is 5. The number of para-hydroxylation sites is 1. The summed E-state index contributed by atoms with van der Waals surface area (Å²) in [5.74, 6) is 0.759. The number of aromatic nitrogens is 3. The Kier molecular flexibility index (Phi) is 4.20. The fraction of sp³-hybridized carbons (Fsp3) is 0.0625. The van der Waals surface area contributed by atoms with Crippen LogP contribution < -0.4 is 10.6 Å². The van der Waals surface area contributed by atoms with E-state index in [-0.39, 0.29) is 5.82 Å². The zero-order valence-corrected chi connectivity index (χ0v) is 11.7.